The Kier molecular flexibility index (Phi) is 4.08. The molecule has 3 N–H and O–H groups in total. The predicted molar refractivity (Wildman–Crippen MR) is 83.1 cm³/mol. The lowest BCUT2D eigenvalue weighted by molar-refractivity contribution is 0.000677. The summed E-state index contributed by atoms with van der Waals surface area (Å²) in [5, 5.41) is 15.2. The highest BCUT2D eigenvalue weighted by atomic mass is 16.3. The molecule has 1 fully saturated rings. The minimum Gasteiger partial charge on any atom is -0.388 e. The van der Waals surface area contributed by atoms with E-state index in [0.717, 1.165) is 36.9 Å². The molecule has 4 heteroatoms. The Hall–Kier alpha value is -1.65. The summed E-state index contributed by atoms with van der Waals surface area (Å²) in [5.41, 5.74) is 7.70. The van der Waals surface area contributed by atoms with Gasteiger partial charge >= 0.3 is 0 Å². The first-order valence-electron chi connectivity index (χ1n) is 7.73. The third-order valence-corrected chi connectivity index (χ3v) is 4.77. The van der Waals surface area contributed by atoms with E-state index in [4.69, 9.17) is 5.73 Å². The molecule has 1 aliphatic carbocycles. The van der Waals surface area contributed by atoms with Crippen molar-refractivity contribution in [1.29, 1.82) is 0 Å². The van der Waals surface area contributed by atoms with Crippen LogP contribution in [0.2, 0.25) is 0 Å². The van der Waals surface area contributed by atoms with Gasteiger partial charge in [-0.2, -0.15) is 5.10 Å². The summed E-state index contributed by atoms with van der Waals surface area (Å²) in [4.78, 5) is 0. The molecule has 1 aliphatic rings. The standard InChI is InChI=1S/C17H23N3O/c18-13-17(9-5-2-6-10-17)16(21)14-11-19-20(12-14)15-7-3-1-4-8-15/h1,3-4,7-8,11-12,16,21H,2,5-6,9-10,13,18H2. The number of nitrogens with two attached hydrogens (primary N) is 1. The van der Waals surface area contributed by atoms with E-state index in [1.54, 1.807) is 6.20 Å². The van der Waals surface area contributed by atoms with Crippen LogP contribution in [0.15, 0.2) is 42.7 Å². The summed E-state index contributed by atoms with van der Waals surface area (Å²) < 4.78 is 1.81. The van der Waals surface area contributed by atoms with Gasteiger partial charge in [0, 0.05) is 23.7 Å². The summed E-state index contributed by atoms with van der Waals surface area (Å²) in [6, 6.07) is 9.95. The molecule has 0 aliphatic heterocycles. The number of nitrogens with zero attached hydrogens (tertiary/aromatic N) is 2. The van der Waals surface area contributed by atoms with Crippen LogP contribution in [0.4, 0.5) is 0 Å². The highest BCUT2D eigenvalue weighted by molar-refractivity contribution is 5.31. The van der Waals surface area contributed by atoms with Crippen molar-refractivity contribution in [2.45, 2.75) is 38.2 Å². The molecule has 1 aromatic heterocycles. The van der Waals surface area contributed by atoms with Crippen LogP contribution < -0.4 is 5.73 Å². The Morgan fingerprint density at radius 2 is 1.90 bits per heavy atom. The van der Waals surface area contributed by atoms with Gasteiger partial charge in [0.2, 0.25) is 0 Å². The lowest BCUT2D eigenvalue weighted by Gasteiger charge is -2.40. The van der Waals surface area contributed by atoms with E-state index in [0.29, 0.717) is 6.54 Å². The Morgan fingerprint density at radius 3 is 2.57 bits per heavy atom. The lowest BCUT2D eigenvalue weighted by atomic mass is 9.69. The van der Waals surface area contributed by atoms with E-state index in [1.165, 1.54) is 6.42 Å². The van der Waals surface area contributed by atoms with Crippen LogP contribution in [-0.2, 0) is 0 Å². The number of hydrogen-bond acceptors (Lipinski definition) is 3. The lowest BCUT2D eigenvalue weighted by Crippen LogP contribution is -2.38. The second-order valence-electron chi connectivity index (χ2n) is 6.08. The van der Waals surface area contributed by atoms with E-state index >= 15 is 0 Å². The van der Waals surface area contributed by atoms with Crippen LogP contribution in [0.5, 0.6) is 0 Å². The predicted octanol–water partition coefficient (Wildman–Crippen LogP) is 2.81. The van der Waals surface area contributed by atoms with Gasteiger partial charge in [-0.3, -0.25) is 0 Å². The molecule has 21 heavy (non-hydrogen) atoms. The number of aliphatic hydroxyl groups excluding tert-OH is 1. The van der Waals surface area contributed by atoms with E-state index < -0.39 is 6.10 Å². The number of hydrogen-bond donors (Lipinski definition) is 2. The largest absolute Gasteiger partial charge is 0.388 e. The molecular weight excluding hydrogens is 262 g/mol. The van der Waals surface area contributed by atoms with Crippen molar-refractivity contribution in [3.63, 3.8) is 0 Å². The van der Waals surface area contributed by atoms with Gasteiger partial charge in [-0.25, -0.2) is 4.68 Å². The van der Waals surface area contributed by atoms with Gasteiger partial charge in [0.05, 0.1) is 18.0 Å². The average molecular weight is 285 g/mol. The molecule has 0 spiro atoms. The highest BCUT2D eigenvalue weighted by Gasteiger charge is 2.39. The number of benzene rings is 1. The van der Waals surface area contributed by atoms with Crippen molar-refractivity contribution in [3.05, 3.63) is 48.3 Å². The van der Waals surface area contributed by atoms with Gasteiger partial charge in [0.25, 0.3) is 0 Å². The minimum absolute atomic E-state index is 0.178. The Balaban J connectivity index is 1.85. The summed E-state index contributed by atoms with van der Waals surface area (Å²) in [6.07, 6.45) is 8.72. The fourth-order valence-electron chi connectivity index (χ4n) is 3.40. The third-order valence-electron chi connectivity index (χ3n) is 4.77. The second kappa shape index (κ2) is 6.00. The van der Waals surface area contributed by atoms with Crippen LogP contribution >= 0.6 is 0 Å². The Bertz CT molecular complexity index is 573. The van der Waals surface area contributed by atoms with Crippen LogP contribution in [0.1, 0.15) is 43.8 Å². The van der Waals surface area contributed by atoms with E-state index in [2.05, 4.69) is 5.10 Å². The zero-order chi connectivity index (χ0) is 14.7. The van der Waals surface area contributed by atoms with Gasteiger partial charge in [0.15, 0.2) is 0 Å². The van der Waals surface area contributed by atoms with E-state index in [1.807, 2.05) is 41.2 Å². The molecule has 0 radical (unpaired) electrons. The molecule has 1 aromatic carbocycles. The fraction of sp³-hybridized carbons (Fsp3) is 0.471. The number of rotatable bonds is 4. The van der Waals surface area contributed by atoms with Crippen LogP contribution in [-0.4, -0.2) is 21.4 Å². The normalized spacial score (nSPS) is 19.3. The SMILES string of the molecule is NCC1(C(O)c2cnn(-c3ccccc3)c2)CCCCC1. The van der Waals surface area contributed by atoms with Gasteiger partial charge in [-0.1, -0.05) is 37.5 Å². The quantitative estimate of drug-likeness (QED) is 0.908. The summed E-state index contributed by atoms with van der Waals surface area (Å²) in [5.74, 6) is 0. The first-order chi connectivity index (χ1) is 10.2. The van der Waals surface area contributed by atoms with E-state index in [9.17, 15) is 5.11 Å². The molecule has 0 saturated heterocycles. The van der Waals surface area contributed by atoms with E-state index in [-0.39, 0.29) is 5.41 Å². The van der Waals surface area contributed by atoms with Crippen molar-refractivity contribution >= 4 is 0 Å². The van der Waals surface area contributed by atoms with Crippen molar-refractivity contribution in [1.82, 2.24) is 9.78 Å². The molecule has 1 unspecified atom stereocenters. The average Bonchev–Trinajstić information content (AvgIpc) is 3.05. The second-order valence-corrected chi connectivity index (χ2v) is 6.08. The Labute approximate surface area is 125 Å². The van der Waals surface area contributed by atoms with Crippen molar-refractivity contribution in [3.8, 4) is 5.69 Å². The van der Waals surface area contributed by atoms with Gasteiger partial charge in [-0.15, -0.1) is 0 Å². The zero-order valence-corrected chi connectivity index (χ0v) is 12.3. The molecular formula is C17H23N3O. The first kappa shape index (κ1) is 14.3. The zero-order valence-electron chi connectivity index (χ0n) is 12.3. The maximum Gasteiger partial charge on any atom is 0.0888 e. The first-order valence-corrected chi connectivity index (χ1v) is 7.73. The third kappa shape index (κ3) is 2.74. The number of aromatic nitrogens is 2. The van der Waals surface area contributed by atoms with Crippen LogP contribution in [0.25, 0.3) is 5.69 Å². The summed E-state index contributed by atoms with van der Waals surface area (Å²) in [6.45, 7) is 0.532. The molecule has 1 atom stereocenters. The smallest absolute Gasteiger partial charge is 0.0888 e. The molecule has 2 aromatic rings. The topological polar surface area (TPSA) is 64.1 Å². The maximum absolute atomic E-state index is 10.8. The molecule has 4 nitrogen and oxygen atoms in total. The van der Waals surface area contributed by atoms with Gasteiger partial charge in [0.1, 0.15) is 0 Å². The summed E-state index contributed by atoms with van der Waals surface area (Å²) >= 11 is 0. The fourth-order valence-corrected chi connectivity index (χ4v) is 3.40. The molecule has 112 valence electrons. The number of aliphatic hydroxyl groups is 1. The van der Waals surface area contributed by atoms with Crippen molar-refractivity contribution < 1.29 is 5.11 Å². The van der Waals surface area contributed by atoms with Gasteiger partial charge < -0.3 is 10.8 Å². The number of para-hydroxylation sites is 1. The monoisotopic (exact) mass is 285 g/mol. The van der Waals surface area contributed by atoms with Crippen LogP contribution in [0.3, 0.4) is 0 Å². The van der Waals surface area contributed by atoms with Crippen molar-refractivity contribution in [2.75, 3.05) is 6.54 Å². The van der Waals surface area contributed by atoms with Crippen LogP contribution in [0, 0.1) is 5.41 Å². The molecule has 1 heterocycles. The van der Waals surface area contributed by atoms with Crippen molar-refractivity contribution in [2.24, 2.45) is 11.1 Å². The molecule has 3 rings (SSSR count). The molecule has 0 bridgehead atoms. The van der Waals surface area contributed by atoms with Gasteiger partial charge in [-0.05, 0) is 25.0 Å². The highest BCUT2D eigenvalue weighted by Crippen LogP contribution is 2.45. The Morgan fingerprint density at radius 1 is 1.19 bits per heavy atom. The summed E-state index contributed by atoms with van der Waals surface area (Å²) in [7, 11) is 0. The minimum atomic E-state index is -0.528. The molecule has 0 amide bonds. The maximum atomic E-state index is 10.8. The molecule has 1 saturated carbocycles.